The van der Waals surface area contributed by atoms with Crippen LogP contribution in [0.5, 0.6) is 11.5 Å². The largest absolute Gasteiger partial charge is 0.497 e. The SMILES string of the molecule is COc1cc(OC)cc(-c2nnc3sc(-c4cc(C)[nH]n4)nn23)c1. The molecule has 0 saturated carbocycles. The summed E-state index contributed by atoms with van der Waals surface area (Å²) in [7, 11) is 3.22. The Kier molecular flexibility index (Phi) is 3.42. The first-order chi connectivity index (χ1) is 11.7. The predicted octanol–water partition coefficient (Wildman–Crippen LogP) is 2.57. The maximum atomic E-state index is 5.32. The van der Waals surface area contributed by atoms with Crippen LogP contribution in [-0.2, 0) is 0 Å². The molecule has 3 aromatic heterocycles. The number of benzene rings is 1. The summed E-state index contributed by atoms with van der Waals surface area (Å²) in [5.74, 6) is 1.98. The van der Waals surface area contributed by atoms with E-state index in [4.69, 9.17) is 9.47 Å². The normalized spacial score (nSPS) is 11.1. The molecule has 0 aliphatic heterocycles. The summed E-state index contributed by atoms with van der Waals surface area (Å²) < 4.78 is 12.3. The molecule has 0 fully saturated rings. The van der Waals surface area contributed by atoms with Crippen LogP contribution in [0.1, 0.15) is 5.69 Å². The van der Waals surface area contributed by atoms with Crippen molar-refractivity contribution in [3.05, 3.63) is 30.0 Å². The molecule has 122 valence electrons. The fourth-order valence-electron chi connectivity index (χ4n) is 2.36. The van der Waals surface area contributed by atoms with Crippen LogP contribution < -0.4 is 9.47 Å². The van der Waals surface area contributed by atoms with E-state index < -0.39 is 0 Å². The number of nitrogens with one attached hydrogen (secondary N) is 1. The molecule has 0 spiro atoms. The summed E-state index contributed by atoms with van der Waals surface area (Å²) in [6, 6.07) is 7.49. The van der Waals surface area contributed by atoms with E-state index in [-0.39, 0.29) is 0 Å². The van der Waals surface area contributed by atoms with Crippen molar-refractivity contribution in [3.63, 3.8) is 0 Å². The number of H-pyrrole nitrogens is 1. The summed E-state index contributed by atoms with van der Waals surface area (Å²) in [5.41, 5.74) is 2.58. The van der Waals surface area contributed by atoms with E-state index in [0.29, 0.717) is 22.3 Å². The fourth-order valence-corrected chi connectivity index (χ4v) is 3.16. The number of ether oxygens (including phenoxy) is 2. The van der Waals surface area contributed by atoms with Gasteiger partial charge in [-0.05, 0) is 25.1 Å². The van der Waals surface area contributed by atoms with E-state index in [1.807, 2.05) is 25.1 Å². The van der Waals surface area contributed by atoms with Crippen molar-refractivity contribution in [1.29, 1.82) is 0 Å². The van der Waals surface area contributed by atoms with E-state index in [0.717, 1.165) is 22.0 Å². The molecular weight excluding hydrogens is 328 g/mol. The minimum atomic E-state index is 0.622. The molecule has 0 saturated heterocycles. The van der Waals surface area contributed by atoms with E-state index in [1.165, 1.54) is 11.3 Å². The van der Waals surface area contributed by atoms with E-state index >= 15 is 0 Å². The molecule has 1 aromatic carbocycles. The Bertz CT molecular complexity index is 996. The van der Waals surface area contributed by atoms with Crippen LogP contribution in [0.2, 0.25) is 0 Å². The highest BCUT2D eigenvalue weighted by atomic mass is 32.1. The van der Waals surface area contributed by atoms with Gasteiger partial charge in [-0.15, -0.1) is 10.2 Å². The molecule has 9 heteroatoms. The second-order valence-corrected chi connectivity index (χ2v) is 6.12. The van der Waals surface area contributed by atoms with Crippen molar-refractivity contribution < 1.29 is 9.47 Å². The number of fused-ring (bicyclic) bond motifs is 1. The summed E-state index contributed by atoms with van der Waals surface area (Å²) >= 11 is 1.43. The molecular formula is C15H14N6O2S. The molecule has 0 unspecified atom stereocenters. The van der Waals surface area contributed by atoms with Gasteiger partial charge in [-0.1, -0.05) is 11.3 Å². The van der Waals surface area contributed by atoms with Gasteiger partial charge in [0.25, 0.3) is 0 Å². The zero-order chi connectivity index (χ0) is 16.7. The van der Waals surface area contributed by atoms with Gasteiger partial charge >= 0.3 is 0 Å². The van der Waals surface area contributed by atoms with Crippen molar-refractivity contribution in [1.82, 2.24) is 30.0 Å². The van der Waals surface area contributed by atoms with Crippen molar-refractivity contribution in [3.8, 4) is 33.6 Å². The van der Waals surface area contributed by atoms with Crippen LogP contribution in [0.3, 0.4) is 0 Å². The summed E-state index contributed by atoms with van der Waals surface area (Å²) in [6.45, 7) is 1.95. The quantitative estimate of drug-likeness (QED) is 0.613. The van der Waals surface area contributed by atoms with E-state index in [1.54, 1.807) is 24.8 Å². The number of aromatic amines is 1. The summed E-state index contributed by atoms with van der Waals surface area (Å²) in [4.78, 5) is 0.697. The first-order valence-corrected chi connectivity index (χ1v) is 7.97. The molecule has 1 N–H and O–H groups in total. The van der Waals surface area contributed by atoms with Crippen LogP contribution in [-0.4, -0.2) is 44.2 Å². The number of rotatable bonds is 4. The lowest BCUT2D eigenvalue weighted by Gasteiger charge is -2.06. The van der Waals surface area contributed by atoms with Gasteiger partial charge in [-0.3, -0.25) is 5.10 Å². The lowest BCUT2D eigenvalue weighted by molar-refractivity contribution is 0.394. The van der Waals surface area contributed by atoms with Crippen LogP contribution in [0.25, 0.3) is 27.1 Å². The third-order valence-electron chi connectivity index (χ3n) is 3.53. The van der Waals surface area contributed by atoms with Gasteiger partial charge in [-0.25, -0.2) is 0 Å². The number of methoxy groups -OCH3 is 2. The molecule has 8 nitrogen and oxygen atoms in total. The summed E-state index contributed by atoms with van der Waals surface area (Å²) in [6.07, 6.45) is 0. The minimum Gasteiger partial charge on any atom is -0.497 e. The molecule has 4 rings (SSSR count). The molecule has 0 aliphatic carbocycles. The number of nitrogens with zero attached hydrogens (tertiary/aromatic N) is 5. The molecule has 0 amide bonds. The maximum absolute atomic E-state index is 5.32. The van der Waals surface area contributed by atoms with E-state index in [2.05, 4.69) is 25.5 Å². The van der Waals surface area contributed by atoms with E-state index in [9.17, 15) is 0 Å². The number of aryl methyl sites for hydroxylation is 1. The lowest BCUT2D eigenvalue weighted by Crippen LogP contribution is -1.94. The van der Waals surface area contributed by atoms with Crippen LogP contribution in [0.15, 0.2) is 24.3 Å². The number of hydrogen-bond acceptors (Lipinski definition) is 7. The molecule has 4 aromatic rings. The van der Waals surface area contributed by atoms with Crippen molar-refractivity contribution >= 4 is 16.3 Å². The van der Waals surface area contributed by atoms with Crippen molar-refractivity contribution in [2.45, 2.75) is 6.92 Å². The molecule has 3 heterocycles. The predicted molar refractivity (Wildman–Crippen MR) is 89.5 cm³/mol. The Morgan fingerprint density at radius 2 is 1.79 bits per heavy atom. The van der Waals surface area contributed by atoms with Crippen LogP contribution in [0, 0.1) is 6.92 Å². The van der Waals surface area contributed by atoms with Gasteiger partial charge in [0.15, 0.2) is 10.8 Å². The average Bonchev–Trinajstić information content (AvgIpc) is 3.28. The molecule has 24 heavy (non-hydrogen) atoms. The van der Waals surface area contributed by atoms with Gasteiger partial charge in [0.05, 0.1) is 14.2 Å². The number of aromatic nitrogens is 6. The highest BCUT2D eigenvalue weighted by molar-refractivity contribution is 7.19. The zero-order valence-electron chi connectivity index (χ0n) is 13.3. The van der Waals surface area contributed by atoms with Crippen LogP contribution >= 0.6 is 11.3 Å². The van der Waals surface area contributed by atoms with Gasteiger partial charge in [0, 0.05) is 17.3 Å². The first kappa shape index (κ1) is 14.6. The number of hydrogen-bond donors (Lipinski definition) is 1. The molecule has 0 aliphatic rings. The molecule has 0 radical (unpaired) electrons. The highest BCUT2D eigenvalue weighted by Gasteiger charge is 2.17. The minimum absolute atomic E-state index is 0.622. The average molecular weight is 342 g/mol. The van der Waals surface area contributed by atoms with Gasteiger partial charge in [0.1, 0.15) is 17.2 Å². The Labute approximate surface area is 141 Å². The van der Waals surface area contributed by atoms with Crippen LogP contribution in [0.4, 0.5) is 0 Å². The lowest BCUT2D eigenvalue weighted by atomic mass is 10.2. The first-order valence-electron chi connectivity index (χ1n) is 7.16. The Balaban J connectivity index is 1.84. The van der Waals surface area contributed by atoms with Gasteiger partial charge in [-0.2, -0.15) is 14.7 Å². The standard InChI is InChI=1S/C15H14N6O2S/c1-8-4-12(17-16-8)14-20-21-13(18-19-15(21)24-14)9-5-10(22-2)7-11(6-9)23-3/h4-7H,1-3H3,(H,16,17). The molecule has 0 bridgehead atoms. The van der Waals surface area contributed by atoms with Crippen molar-refractivity contribution in [2.75, 3.05) is 14.2 Å². The topological polar surface area (TPSA) is 90.2 Å². The van der Waals surface area contributed by atoms with Crippen molar-refractivity contribution in [2.24, 2.45) is 0 Å². The third-order valence-corrected chi connectivity index (χ3v) is 4.45. The monoisotopic (exact) mass is 342 g/mol. The Hall–Kier alpha value is -2.94. The summed E-state index contributed by atoms with van der Waals surface area (Å²) in [5, 5.41) is 21.0. The molecule has 0 atom stereocenters. The fraction of sp³-hybridized carbons (Fsp3) is 0.200. The maximum Gasteiger partial charge on any atom is 0.235 e. The third kappa shape index (κ3) is 2.38. The van der Waals surface area contributed by atoms with Gasteiger partial charge < -0.3 is 9.47 Å². The second kappa shape index (κ2) is 5.60. The Morgan fingerprint density at radius 3 is 2.42 bits per heavy atom. The Morgan fingerprint density at radius 1 is 1.04 bits per heavy atom. The van der Waals surface area contributed by atoms with Gasteiger partial charge in [0.2, 0.25) is 4.96 Å². The zero-order valence-corrected chi connectivity index (χ0v) is 14.1. The second-order valence-electron chi connectivity index (χ2n) is 5.16. The highest BCUT2D eigenvalue weighted by Crippen LogP contribution is 2.31. The smallest absolute Gasteiger partial charge is 0.235 e.